The van der Waals surface area contributed by atoms with Crippen LogP contribution in [0.2, 0.25) is 0 Å². The number of hydrogen-bond acceptors (Lipinski definition) is 4. The Labute approximate surface area is 207 Å². The zero-order valence-electron chi connectivity index (χ0n) is 19.7. The minimum Gasteiger partial charge on any atom is -0.254 e. The van der Waals surface area contributed by atoms with Gasteiger partial charge in [0, 0.05) is 5.56 Å². The standard InChI is InChI=1S/C29H27N3O2S/c1-22-13-17-25(18-14-22)29-30-32(26-11-7-4-8-12-26)28(24-9-5-3-6-10-24)21-31(29)35(33,34)27-19-15-23(2)16-20-27/h3-20,28H,21H2,1-2H3. The summed E-state index contributed by atoms with van der Waals surface area (Å²) in [6.07, 6.45) is 0. The lowest BCUT2D eigenvalue weighted by molar-refractivity contribution is 0.454. The largest absolute Gasteiger partial charge is 0.265 e. The summed E-state index contributed by atoms with van der Waals surface area (Å²) in [5.74, 6) is 0.404. The average Bonchev–Trinajstić information content (AvgIpc) is 2.90. The molecule has 0 bridgehead atoms. The van der Waals surface area contributed by atoms with E-state index in [1.165, 1.54) is 4.31 Å². The van der Waals surface area contributed by atoms with E-state index in [-0.39, 0.29) is 17.5 Å². The fraction of sp³-hybridized carbons (Fsp3) is 0.138. The lowest BCUT2D eigenvalue weighted by Crippen LogP contribution is -2.48. The third kappa shape index (κ3) is 4.57. The third-order valence-electron chi connectivity index (χ3n) is 6.20. The summed E-state index contributed by atoms with van der Waals surface area (Å²) in [6.45, 7) is 4.18. The summed E-state index contributed by atoms with van der Waals surface area (Å²) in [6, 6.07) is 34.3. The van der Waals surface area contributed by atoms with E-state index < -0.39 is 10.0 Å². The van der Waals surface area contributed by atoms with Crippen LogP contribution in [0.1, 0.15) is 28.3 Å². The monoisotopic (exact) mass is 481 g/mol. The molecule has 1 aliphatic rings. The van der Waals surface area contributed by atoms with E-state index in [9.17, 15) is 8.42 Å². The Bertz CT molecular complexity index is 1430. The first-order valence-corrected chi connectivity index (χ1v) is 13.0. The van der Waals surface area contributed by atoms with E-state index in [1.807, 2.05) is 116 Å². The first-order chi connectivity index (χ1) is 16.9. The zero-order chi connectivity index (χ0) is 24.4. The van der Waals surface area contributed by atoms with Gasteiger partial charge in [-0.2, -0.15) is 5.10 Å². The van der Waals surface area contributed by atoms with Crippen LogP contribution < -0.4 is 5.01 Å². The molecule has 5 nitrogen and oxygen atoms in total. The van der Waals surface area contributed by atoms with E-state index in [0.29, 0.717) is 5.84 Å². The summed E-state index contributed by atoms with van der Waals surface area (Å²) < 4.78 is 29.4. The molecule has 1 aliphatic heterocycles. The van der Waals surface area contributed by atoms with Gasteiger partial charge in [-0.3, -0.25) is 5.01 Å². The highest BCUT2D eigenvalue weighted by Gasteiger charge is 2.38. The maximum absolute atomic E-state index is 14.0. The summed E-state index contributed by atoms with van der Waals surface area (Å²) in [5.41, 5.74) is 4.75. The van der Waals surface area contributed by atoms with Crippen LogP contribution in [-0.2, 0) is 10.0 Å². The van der Waals surface area contributed by atoms with Gasteiger partial charge in [0.2, 0.25) is 0 Å². The molecule has 0 aliphatic carbocycles. The van der Waals surface area contributed by atoms with Gasteiger partial charge in [0.05, 0.1) is 23.2 Å². The minimum atomic E-state index is -3.86. The SMILES string of the molecule is Cc1ccc(C2=NN(c3ccccc3)C(c3ccccc3)CN2S(=O)(=O)c2ccc(C)cc2)cc1. The number of hydrogen-bond donors (Lipinski definition) is 0. The average molecular weight is 482 g/mol. The van der Waals surface area contributed by atoms with Gasteiger partial charge in [-0.1, -0.05) is 96.1 Å². The van der Waals surface area contributed by atoms with Gasteiger partial charge >= 0.3 is 0 Å². The van der Waals surface area contributed by atoms with E-state index in [4.69, 9.17) is 5.10 Å². The molecule has 0 fully saturated rings. The molecule has 0 N–H and O–H groups in total. The highest BCUT2D eigenvalue weighted by Crippen LogP contribution is 2.35. The summed E-state index contributed by atoms with van der Waals surface area (Å²) >= 11 is 0. The fourth-order valence-electron chi connectivity index (χ4n) is 4.24. The summed E-state index contributed by atoms with van der Waals surface area (Å²) in [7, 11) is -3.86. The molecule has 1 unspecified atom stereocenters. The molecule has 0 radical (unpaired) electrons. The highest BCUT2D eigenvalue weighted by atomic mass is 32.2. The van der Waals surface area contributed by atoms with Gasteiger partial charge in [-0.25, -0.2) is 12.7 Å². The Hall–Kier alpha value is -3.90. The number of anilines is 1. The first-order valence-electron chi connectivity index (χ1n) is 11.6. The number of amidine groups is 1. The van der Waals surface area contributed by atoms with Crippen LogP contribution in [-0.4, -0.2) is 25.1 Å². The Morgan fingerprint density at radius 3 is 1.86 bits per heavy atom. The molecular weight excluding hydrogens is 454 g/mol. The molecule has 0 aromatic heterocycles. The van der Waals surface area contributed by atoms with E-state index >= 15 is 0 Å². The number of sulfonamides is 1. The molecule has 35 heavy (non-hydrogen) atoms. The molecule has 1 atom stereocenters. The predicted molar refractivity (Wildman–Crippen MR) is 141 cm³/mol. The van der Waals surface area contributed by atoms with Gasteiger partial charge in [0.25, 0.3) is 10.0 Å². The lowest BCUT2D eigenvalue weighted by Gasteiger charge is -2.40. The van der Waals surface area contributed by atoms with Gasteiger partial charge in [0.15, 0.2) is 5.84 Å². The van der Waals surface area contributed by atoms with Gasteiger partial charge in [-0.15, -0.1) is 0 Å². The normalized spacial score (nSPS) is 16.2. The van der Waals surface area contributed by atoms with E-state index in [0.717, 1.165) is 27.9 Å². The lowest BCUT2D eigenvalue weighted by atomic mass is 10.0. The second kappa shape index (κ2) is 9.39. The predicted octanol–water partition coefficient (Wildman–Crippen LogP) is 5.92. The second-order valence-electron chi connectivity index (χ2n) is 8.75. The summed E-state index contributed by atoms with van der Waals surface area (Å²) in [5, 5.41) is 6.93. The van der Waals surface area contributed by atoms with Crippen molar-refractivity contribution in [1.82, 2.24) is 4.31 Å². The molecule has 0 amide bonds. The van der Waals surface area contributed by atoms with E-state index in [1.54, 1.807) is 12.1 Å². The number of para-hydroxylation sites is 1. The molecule has 0 saturated carbocycles. The van der Waals surface area contributed by atoms with Crippen LogP contribution in [0.15, 0.2) is 119 Å². The van der Waals surface area contributed by atoms with Crippen LogP contribution in [0.4, 0.5) is 5.69 Å². The maximum atomic E-state index is 14.0. The molecular formula is C29H27N3O2S. The first kappa shape index (κ1) is 22.9. The van der Waals surface area contributed by atoms with Crippen LogP contribution in [0.5, 0.6) is 0 Å². The van der Waals surface area contributed by atoms with Crippen molar-refractivity contribution < 1.29 is 8.42 Å². The van der Waals surface area contributed by atoms with Crippen LogP contribution in [0, 0.1) is 13.8 Å². The van der Waals surface area contributed by atoms with Gasteiger partial charge in [0.1, 0.15) is 0 Å². The Balaban J connectivity index is 1.71. The van der Waals surface area contributed by atoms with Crippen molar-refractivity contribution in [2.75, 3.05) is 11.6 Å². The number of nitrogens with zero attached hydrogens (tertiary/aromatic N) is 3. The minimum absolute atomic E-state index is 0.224. The highest BCUT2D eigenvalue weighted by molar-refractivity contribution is 7.89. The van der Waals surface area contributed by atoms with Crippen molar-refractivity contribution >= 4 is 21.5 Å². The molecule has 0 spiro atoms. The van der Waals surface area contributed by atoms with Crippen LogP contribution in [0.25, 0.3) is 0 Å². The maximum Gasteiger partial charge on any atom is 0.265 e. The third-order valence-corrected chi connectivity index (χ3v) is 7.97. The van der Waals surface area contributed by atoms with Crippen molar-refractivity contribution in [2.45, 2.75) is 24.8 Å². The summed E-state index contributed by atoms with van der Waals surface area (Å²) in [4.78, 5) is 0.253. The van der Waals surface area contributed by atoms with E-state index in [2.05, 4.69) is 0 Å². The molecule has 1 heterocycles. The van der Waals surface area contributed by atoms with Gasteiger partial charge < -0.3 is 0 Å². The molecule has 5 rings (SSSR count). The van der Waals surface area contributed by atoms with Crippen LogP contribution in [0.3, 0.4) is 0 Å². The van der Waals surface area contributed by atoms with Crippen LogP contribution >= 0.6 is 0 Å². The molecule has 176 valence electrons. The quantitative estimate of drug-likeness (QED) is 0.356. The Morgan fingerprint density at radius 1 is 0.714 bits per heavy atom. The topological polar surface area (TPSA) is 53.0 Å². The smallest absolute Gasteiger partial charge is 0.254 e. The number of benzene rings is 4. The van der Waals surface area contributed by atoms with Gasteiger partial charge in [-0.05, 0) is 43.7 Å². The van der Waals surface area contributed by atoms with Crippen molar-refractivity contribution in [1.29, 1.82) is 0 Å². The molecule has 0 saturated heterocycles. The fourth-order valence-corrected chi connectivity index (χ4v) is 5.68. The number of aryl methyl sites for hydroxylation is 2. The number of rotatable bonds is 5. The van der Waals surface area contributed by atoms with Crippen molar-refractivity contribution in [3.8, 4) is 0 Å². The zero-order valence-corrected chi connectivity index (χ0v) is 20.6. The Kier molecular flexibility index (Phi) is 6.14. The molecule has 4 aromatic rings. The van der Waals surface area contributed by atoms with Crippen molar-refractivity contribution in [3.05, 3.63) is 131 Å². The Morgan fingerprint density at radius 2 is 1.26 bits per heavy atom. The van der Waals surface area contributed by atoms with Crippen molar-refractivity contribution in [3.63, 3.8) is 0 Å². The molecule has 6 heteroatoms. The van der Waals surface area contributed by atoms with Crippen molar-refractivity contribution in [2.24, 2.45) is 5.10 Å². The number of hydrazone groups is 1. The second-order valence-corrected chi connectivity index (χ2v) is 10.6. The molecule has 4 aromatic carbocycles.